The lowest BCUT2D eigenvalue weighted by Crippen LogP contribution is -2.41. The van der Waals surface area contributed by atoms with E-state index in [1.165, 1.54) is 11.6 Å². The van der Waals surface area contributed by atoms with E-state index < -0.39 is 4.92 Å². The molecule has 1 aliphatic rings. The lowest BCUT2D eigenvalue weighted by atomic mass is 9.95. The van der Waals surface area contributed by atoms with Crippen LogP contribution in [0.3, 0.4) is 0 Å². The molecule has 0 spiro atoms. The van der Waals surface area contributed by atoms with Gasteiger partial charge in [0.2, 0.25) is 5.69 Å². The van der Waals surface area contributed by atoms with Crippen LogP contribution in [0.1, 0.15) is 30.5 Å². The molecule has 6 nitrogen and oxygen atoms in total. The van der Waals surface area contributed by atoms with Crippen LogP contribution < -0.4 is 4.90 Å². The molecule has 0 amide bonds. The molecule has 25 heavy (non-hydrogen) atoms. The van der Waals surface area contributed by atoms with Crippen molar-refractivity contribution in [2.24, 2.45) is 0 Å². The van der Waals surface area contributed by atoms with E-state index in [-0.39, 0.29) is 17.4 Å². The number of hydrogen-bond acceptors (Lipinski definition) is 5. The molecule has 1 atom stereocenters. The van der Waals surface area contributed by atoms with Crippen molar-refractivity contribution < 1.29 is 4.92 Å². The van der Waals surface area contributed by atoms with Crippen molar-refractivity contribution in [3.8, 4) is 6.07 Å². The van der Waals surface area contributed by atoms with Gasteiger partial charge in [-0.2, -0.15) is 5.26 Å². The molecular formula is C18H17ClN4O2. The maximum atomic E-state index is 11.0. The number of nitriles is 1. The molecular weight excluding hydrogens is 340 g/mol. The van der Waals surface area contributed by atoms with Crippen molar-refractivity contribution in [1.82, 2.24) is 4.98 Å². The van der Waals surface area contributed by atoms with Gasteiger partial charge in [-0.25, -0.2) is 4.98 Å². The Bertz CT molecular complexity index is 817. The first kappa shape index (κ1) is 17.2. The van der Waals surface area contributed by atoms with E-state index in [0.717, 1.165) is 32.2 Å². The molecule has 1 unspecified atom stereocenters. The van der Waals surface area contributed by atoms with Gasteiger partial charge in [0.25, 0.3) is 0 Å². The standard InChI is InChI=1S/C18H17ClN4O2/c19-14-6-4-13(5-7-14)11-15-3-1-2-10-22(15)18-9-8-17(23(24)25)16(12-20)21-18/h4-9,15H,1-3,10-11H2. The highest BCUT2D eigenvalue weighted by molar-refractivity contribution is 6.30. The summed E-state index contributed by atoms with van der Waals surface area (Å²) >= 11 is 5.95. The molecule has 1 saturated heterocycles. The molecule has 2 heterocycles. The molecule has 0 bridgehead atoms. The first-order valence-corrected chi connectivity index (χ1v) is 8.53. The minimum atomic E-state index is -0.573. The molecule has 1 fully saturated rings. The van der Waals surface area contributed by atoms with E-state index in [1.54, 1.807) is 6.07 Å². The third-order valence-electron chi connectivity index (χ3n) is 4.47. The van der Waals surface area contributed by atoms with Crippen molar-refractivity contribution in [2.75, 3.05) is 11.4 Å². The Hall–Kier alpha value is -2.65. The van der Waals surface area contributed by atoms with Gasteiger partial charge in [-0.15, -0.1) is 0 Å². The Balaban J connectivity index is 1.87. The van der Waals surface area contributed by atoms with Crippen LogP contribution in [0, 0.1) is 21.4 Å². The van der Waals surface area contributed by atoms with Gasteiger partial charge in [-0.05, 0) is 49.4 Å². The van der Waals surface area contributed by atoms with Gasteiger partial charge in [0.15, 0.2) is 0 Å². The monoisotopic (exact) mass is 356 g/mol. The highest BCUT2D eigenvalue weighted by Crippen LogP contribution is 2.28. The molecule has 1 aromatic heterocycles. The molecule has 1 aromatic carbocycles. The molecule has 0 radical (unpaired) electrons. The van der Waals surface area contributed by atoms with Gasteiger partial charge in [0.05, 0.1) is 4.92 Å². The van der Waals surface area contributed by atoms with Crippen LogP contribution in [0.15, 0.2) is 36.4 Å². The average Bonchev–Trinajstić information content (AvgIpc) is 2.63. The fourth-order valence-electron chi connectivity index (χ4n) is 3.24. The molecule has 2 aromatic rings. The van der Waals surface area contributed by atoms with Crippen LogP contribution >= 0.6 is 11.6 Å². The molecule has 0 aliphatic carbocycles. The number of rotatable bonds is 4. The van der Waals surface area contributed by atoms with Crippen molar-refractivity contribution in [3.05, 3.63) is 62.8 Å². The Morgan fingerprint density at radius 1 is 1.28 bits per heavy atom. The number of anilines is 1. The third kappa shape index (κ3) is 3.89. The Labute approximate surface area is 150 Å². The molecule has 7 heteroatoms. The third-order valence-corrected chi connectivity index (χ3v) is 4.72. The molecule has 3 rings (SSSR count). The van der Waals surface area contributed by atoms with Crippen molar-refractivity contribution in [2.45, 2.75) is 31.7 Å². The van der Waals surface area contributed by atoms with E-state index in [2.05, 4.69) is 9.88 Å². The Morgan fingerprint density at radius 3 is 2.72 bits per heavy atom. The lowest BCUT2D eigenvalue weighted by Gasteiger charge is -2.37. The number of hydrogen-bond donors (Lipinski definition) is 0. The zero-order valence-electron chi connectivity index (χ0n) is 13.6. The van der Waals surface area contributed by atoms with Crippen LogP contribution in [-0.2, 0) is 6.42 Å². The minimum absolute atomic E-state index is 0.140. The summed E-state index contributed by atoms with van der Waals surface area (Å²) in [5.74, 6) is 0.626. The Morgan fingerprint density at radius 2 is 2.04 bits per heavy atom. The van der Waals surface area contributed by atoms with Crippen LogP contribution in [0.25, 0.3) is 0 Å². The molecule has 128 valence electrons. The minimum Gasteiger partial charge on any atom is -0.353 e. The lowest BCUT2D eigenvalue weighted by molar-refractivity contribution is -0.385. The van der Waals surface area contributed by atoms with E-state index in [0.29, 0.717) is 10.8 Å². The van der Waals surface area contributed by atoms with E-state index >= 15 is 0 Å². The smallest absolute Gasteiger partial charge is 0.305 e. The second-order valence-corrected chi connectivity index (χ2v) is 6.52. The van der Waals surface area contributed by atoms with Crippen LogP contribution in [0.4, 0.5) is 11.5 Å². The zero-order chi connectivity index (χ0) is 17.8. The predicted molar refractivity (Wildman–Crippen MR) is 95.7 cm³/mol. The van der Waals surface area contributed by atoms with Gasteiger partial charge in [0, 0.05) is 23.7 Å². The number of benzene rings is 1. The summed E-state index contributed by atoms with van der Waals surface area (Å²) < 4.78 is 0. The van der Waals surface area contributed by atoms with E-state index in [4.69, 9.17) is 16.9 Å². The summed E-state index contributed by atoms with van der Waals surface area (Å²) in [7, 11) is 0. The maximum Gasteiger partial charge on any atom is 0.305 e. The van der Waals surface area contributed by atoms with Crippen LogP contribution in [-0.4, -0.2) is 22.5 Å². The SMILES string of the molecule is N#Cc1nc(N2CCCCC2Cc2ccc(Cl)cc2)ccc1[N+](=O)[O-]. The number of halogens is 1. The van der Waals surface area contributed by atoms with Crippen LogP contribution in [0.2, 0.25) is 5.02 Å². The van der Waals surface area contributed by atoms with Gasteiger partial charge < -0.3 is 4.90 Å². The number of piperidine rings is 1. The summed E-state index contributed by atoms with van der Waals surface area (Å²) in [5.41, 5.74) is 0.791. The predicted octanol–water partition coefficient (Wildman–Crippen LogP) is 4.12. The normalized spacial score (nSPS) is 17.1. The first-order chi connectivity index (χ1) is 12.1. The summed E-state index contributed by atoms with van der Waals surface area (Å²) in [4.78, 5) is 16.8. The topological polar surface area (TPSA) is 83.1 Å². The fourth-order valence-corrected chi connectivity index (χ4v) is 3.36. The highest BCUT2D eigenvalue weighted by Gasteiger charge is 2.26. The summed E-state index contributed by atoms with van der Waals surface area (Å²) in [6, 6.07) is 12.9. The number of aromatic nitrogens is 1. The number of pyridine rings is 1. The summed E-state index contributed by atoms with van der Waals surface area (Å²) in [6.07, 6.45) is 4.03. The second kappa shape index (κ2) is 7.49. The second-order valence-electron chi connectivity index (χ2n) is 6.08. The highest BCUT2D eigenvalue weighted by atomic mass is 35.5. The summed E-state index contributed by atoms with van der Waals surface area (Å²) in [6.45, 7) is 0.827. The number of nitrogens with zero attached hydrogens (tertiary/aromatic N) is 4. The largest absolute Gasteiger partial charge is 0.353 e. The maximum absolute atomic E-state index is 11.0. The van der Waals surface area contributed by atoms with E-state index in [9.17, 15) is 10.1 Å². The average molecular weight is 357 g/mol. The van der Waals surface area contributed by atoms with Gasteiger partial charge in [-0.1, -0.05) is 23.7 Å². The van der Waals surface area contributed by atoms with Crippen molar-refractivity contribution in [3.63, 3.8) is 0 Å². The molecule has 0 saturated carbocycles. The van der Waals surface area contributed by atoms with Gasteiger partial charge >= 0.3 is 5.69 Å². The van der Waals surface area contributed by atoms with E-state index in [1.807, 2.05) is 30.3 Å². The first-order valence-electron chi connectivity index (χ1n) is 8.15. The van der Waals surface area contributed by atoms with Gasteiger partial charge in [-0.3, -0.25) is 10.1 Å². The quantitative estimate of drug-likeness (QED) is 0.608. The molecule has 1 aliphatic heterocycles. The number of nitro groups is 1. The van der Waals surface area contributed by atoms with Crippen molar-refractivity contribution in [1.29, 1.82) is 5.26 Å². The Kier molecular flexibility index (Phi) is 5.15. The zero-order valence-corrected chi connectivity index (χ0v) is 14.3. The fraction of sp³-hybridized carbons (Fsp3) is 0.333. The molecule has 0 N–H and O–H groups in total. The van der Waals surface area contributed by atoms with Gasteiger partial charge in [0.1, 0.15) is 11.9 Å². The van der Waals surface area contributed by atoms with Crippen molar-refractivity contribution >= 4 is 23.1 Å². The summed E-state index contributed by atoms with van der Waals surface area (Å²) in [5, 5.41) is 20.9. The van der Waals surface area contributed by atoms with Crippen LogP contribution in [0.5, 0.6) is 0 Å².